The molecule has 2 aromatic rings. The van der Waals surface area contributed by atoms with Gasteiger partial charge in [0.05, 0.1) is 12.9 Å². The minimum atomic E-state index is 0.120. The zero-order valence-electron chi connectivity index (χ0n) is 15.1. The Morgan fingerprint density at radius 2 is 1.84 bits per heavy atom. The molecule has 8 heteroatoms. The Morgan fingerprint density at radius 1 is 1.20 bits per heavy atom. The van der Waals surface area contributed by atoms with Gasteiger partial charge < -0.3 is 15.0 Å². The lowest BCUT2D eigenvalue weighted by molar-refractivity contribution is -0.131. The molecule has 1 heterocycles. The van der Waals surface area contributed by atoms with Gasteiger partial charge in [-0.2, -0.15) is 0 Å². The number of amides is 1. The average molecular weight is 381 g/mol. The molecule has 25 heavy (non-hydrogen) atoms. The minimum absolute atomic E-state index is 0.120. The third-order valence-electron chi connectivity index (χ3n) is 3.47. The third kappa shape index (κ3) is 5.61. The van der Waals surface area contributed by atoms with Gasteiger partial charge in [-0.15, -0.1) is 10.2 Å². The normalized spacial score (nSPS) is 11.0. The van der Waals surface area contributed by atoms with Gasteiger partial charge in [0.25, 0.3) is 0 Å². The zero-order chi connectivity index (χ0) is 18.4. The first-order valence-electron chi connectivity index (χ1n) is 8.09. The molecular formula is C17H24N4O2S2. The van der Waals surface area contributed by atoms with Gasteiger partial charge >= 0.3 is 0 Å². The standard InChI is InChI=1S/C17H24N4O2S2/c1-11(2)21(12(3)4)15(22)10-24-17-20-19-16(25-17)18-13-6-8-14(23-5)9-7-13/h6-9,11-12H,10H2,1-5H3,(H,18,19). The van der Waals surface area contributed by atoms with E-state index in [9.17, 15) is 4.79 Å². The van der Waals surface area contributed by atoms with E-state index in [1.807, 2.05) is 56.9 Å². The van der Waals surface area contributed by atoms with Crippen LogP contribution in [-0.4, -0.2) is 46.0 Å². The molecule has 6 nitrogen and oxygen atoms in total. The number of methoxy groups -OCH3 is 1. The van der Waals surface area contributed by atoms with Crippen LogP contribution in [0, 0.1) is 0 Å². The van der Waals surface area contributed by atoms with Crippen LogP contribution in [0.4, 0.5) is 10.8 Å². The van der Waals surface area contributed by atoms with Gasteiger partial charge in [0.15, 0.2) is 4.34 Å². The highest BCUT2D eigenvalue weighted by molar-refractivity contribution is 8.01. The number of nitrogens with zero attached hydrogens (tertiary/aromatic N) is 3. The van der Waals surface area contributed by atoms with Crippen LogP contribution >= 0.6 is 23.1 Å². The Labute approximate surface area is 157 Å². The highest BCUT2D eigenvalue weighted by Gasteiger charge is 2.20. The summed E-state index contributed by atoms with van der Waals surface area (Å²) < 4.78 is 5.91. The van der Waals surface area contributed by atoms with Gasteiger partial charge in [-0.25, -0.2) is 0 Å². The molecule has 0 unspecified atom stereocenters. The summed E-state index contributed by atoms with van der Waals surface area (Å²) >= 11 is 2.86. The van der Waals surface area contributed by atoms with Crippen molar-refractivity contribution in [3.63, 3.8) is 0 Å². The molecule has 0 bridgehead atoms. The molecule has 1 aromatic heterocycles. The molecule has 0 aliphatic heterocycles. The van der Waals surface area contributed by atoms with Crippen molar-refractivity contribution < 1.29 is 9.53 Å². The van der Waals surface area contributed by atoms with Gasteiger partial charge in [0.2, 0.25) is 11.0 Å². The molecular weight excluding hydrogens is 356 g/mol. The molecule has 1 amide bonds. The zero-order valence-corrected chi connectivity index (χ0v) is 16.8. The van der Waals surface area contributed by atoms with Crippen LogP contribution in [0.1, 0.15) is 27.7 Å². The maximum atomic E-state index is 12.4. The number of anilines is 2. The van der Waals surface area contributed by atoms with Gasteiger partial charge in [-0.3, -0.25) is 4.79 Å². The molecule has 0 saturated heterocycles. The number of ether oxygens (including phenoxy) is 1. The maximum Gasteiger partial charge on any atom is 0.233 e. The number of rotatable bonds is 8. The predicted molar refractivity (Wildman–Crippen MR) is 104 cm³/mol. The first kappa shape index (κ1) is 19.5. The van der Waals surface area contributed by atoms with E-state index in [0.717, 1.165) is 15.8 Å². The molecule has 1 aromatic carbocycles. The summed E-state index contributed by atoms with van der Waals surface area (Å²) in [7, 11) is 1.64. The van der Waals surface area contributed by atoms with Gasteiger partial charge in [-0.1, -0.05) is 23.1 Å². The SMILES string of the molecule is COc1ccc(Nc2nnc(SCC(=O)N(C(C)C)C(C)C)s2)cc1. The number of thioether (sulfide) groups is 1. The lowest BCUT2D eigenvalue weighted by Crippen LogP contribution is -2.43. The van der Waals surface area contributed by atoms with E-state index in [4.69, 9.17) is 4.74 Å². The molecule has 0 radical (unpaired) electrons. The molecule has 0 atom stereocenters. The first-order chi connectivity index (χ1) is 11.9. The van der Waals surface area contributed by atoms with E-state index >= 15 is 0 Å². The van der Waals surface area contributed by atoms with E-state index in [1.54, 1.807) is 7.11 Å². The van der Waals surface area contributed by atoms with Crippen molar-refractivity contribution in [1.29, 1.82) is 0 Å². The number of carbonyl (C=O) groups is 1. The number of benzene rings is 1. The lowest BCUT2D eigenvalue weighted by atomic mass is 10.2. The van der Waals surface area contributed by atoms with Gasteiger partial charge in [0, 0.05) is 17.8 Å². The molecule has 0 spiro atoms. The van der Waals surface area contributed by atoms with Crippen molar-refractivity contribution in [2.75, 3.05) is 18.2 Å². The number of hydrogen-bond acceptors (Lipinski definition) is 7. The third-order valence-corrected chi connectivity index (χ3v) is 5.42. The molecule has 0 fully saturated rings. The Morgan fingerprint density at radius 3 is 2.40 bits per heavy atom. The van der Waals surface area contributed by atoms with Crippen molar-refractivity contribution in [2.45, 2.75) is 44.1 Å². The Hall–Kier alpha value is -1.80. The van der Waals surface area contributed by atoms with Crippen LogP contribution in [0.25, 0.3) is 0 Å². The van der Waals surface area contributed by atoms with Crippen LogP contribution in [0.2, 0.25) is 0 Å². The first-order valence-corrected chi connectivity index (χ1v) is 9.89. The van der Waals surface area contributed by atoms with Crippen LogP contribution in [0.15, 0.2) is 28.6 Å². The second-order valence-corrected chi connectivity index (χ2v) is 8.20. The second kappa shape index (κ2) is 9.05. The maximum absolute atomic E-state index is 12.4. The number of carbonyl (C=O) groups excluding carboxylic acids is 1. The topological polar surface area (TPSA) is 67.3 Å². The predicted octanol–water partition coefficient (Wildman–Crippen LogP) is 4.03. The summed E-state index contributed by atoms with van der Waals surface area (Å²) in [5.41, 5.74) is 0.912. The highest BCUT2D eigenvalue weighted by Crippen LogP contribution is 2.28. The largest absolute Gasteiger partial charge is 0.497 e. The summed E-state index contributed by atoms with van der Waals surface area (Å²) in [5, 5.41) is 12.2. The minimum Gasteiger partial charge on any atom is -0.497 e. The van der Waals surface area contributed by atoms with Crippen LogP contribution in [0.5, 0.6) is 5.75 Å². The molecule has 2 rings (SSSR count). The molecule has 1 N–H and O–H groups in total. The second-order valence-electron chi connectivity index (χ2n) is 6.00. The Kier molecular flexibility index (Phi) is 7.07. The van der Waals surface area contributed by atoms with Crippen molar-refractivity contribution in [1.82, 2.24) is 15.1 Å². The van der Waals surface area contributed by atoms with Crippen LogP contribution in [0.3, 0.4) is 0 Å². The Balaban J connectivity index is 1.91. The molecule has 0 aliphatic rings. The fraction of sp³-hybridized carbons (Fsp3) is 0.471. The molecule has 0 aliphatic carbocycles. The summed E-state index contributed by atoms with van der Waals surface area (Å²) in [4.78, 5) is 14.3. The van der Waals surface area contributed by atoms with Crippen LogP contribution in [-0.2, 0) is 4.79 Å². The van der Waals surface area contributed by atoms with E-state index in [-0.39, 0.29) is 18.0 Å². The number of nitrogens with one attached hydrogen (secondary N) is 1. The number of hydrogen-bond donors (Lipinski definition) is 1. The van der Waals surface area contributed by atoms with E-state index in [2.05, 4.69) is 15.5 Å². The molecule has 136 valence electrons. The Bertz CT molecular complexity index is 678. The van der Waals surface area contributed by atoms with E-state index in [0.29, 0.717) is 10.9 Å². The quantitative estimate of drug-likeness (QED) is 0.698. The lowest BCUT2D eigenvalue weighted by Gasteiger charge is -2.30. The monoisotopic (exact) mass is 380 g/mol. The van der Waals surface area contributed by atoms with Crippen molar-refractivity contribution in [2.24, 2.45) is 0 Å². The number of aromatic nitrogens is 2. The summed E-state index contributed by atoms with van der Waals surface area (Å²) in [6, 6.07) is 7.97. The fourth-order valence-electron chi connectivity index (χ4n) is 2.49. The summed E-state index contributed by atoms with van der Waals surface area (Å²) in [6.45, 7) is 8.13. The van der Waals surface area contributed by atoms with Gasteiger partial charge in [0.1, 0.15) is 5.75 Å². The molecule has 0 saturated carbocycles. The van der Waals surface area contributed by atoms with E-state index < -0.39 is 0 Å². The van der Waals surface area contributed by atoms with Crippen molar-refractivity contribution in [3.8, 4) is 5.75 Å². The van der Waals surface area contributed by atoms with Crippen molar-refractivity contribution >= 4 is 39.8 Å². The van der Waals surface area contributed by atoms with Crippen molar-refractivity contribution in [3.05, 3.63) is 24.3 Å². The van der Waals surface area contributed by atoms with Crippen LogP contribution < -0.4 is 10.1 Å². The van der Waals surface area contributed by atoms with Gasteiger partial charge in [-0.05, 0) is 52.0 Å². The summed E-state index contributed by atoms with van der Waals surface area (Å²) in [6.07, 6.45) is 0. The smallest absolute Gasteiger partial charge is 0.233 e. The summed E-state index contributed by atoms with van der Waals surface area (Å²) in [5.74, 6) is 1.29. The highest BCUT2D eigenvalue weighted by atomic mass is 32.2. The fourth-order valence-corrected chi connectivity index (χ4v) is 4.13. The van der Waals surface area contributed by atoms with E-state index in [1.165, 1.54) is 23.1 Å². The average Bonchev–Trinajstić information content (AvgIpc) is 3.00.